The van der Waals surface area contributed by atoms with Crippen LogP contribution in [0.1, 0.15) is 83.5 Å². The second kappa shape index (κ2) is 15.0. The number of rotatable bonds is 11. The van der Waals surface area contributed by atoms with Gasteiger partial charge in [0.05, 0.1) is 25.7 Å². The van der Waals surface area contributed by atoms with Crippen molar-refractivity contribution in [2.24, 2.45) is 17.0 Å². The summed E-state index contributed by atoms with van der Waals surface area (Å²) in [5, 5.41) is 15.5. The lowest BCUT2D eigenvalue weighted by molar-refractivity contribution is -0.905. The zero-order valence-electron chi connectivity index (χ0n) is 20.1. The zero-order chi connectivity index (χ0) is 23.5. The highest BCUT2D eigenvalue weighted by molar-refractivity contribution is 9.10. The predicted molar refractivity (Wildman–Crippen MR) is 140 cm³/mol. The number of piperidine rings is 1. The van der Waals surface area contributed by atoms with Gasteiger partial charge in [0, 0.05) is 29.2 Å². The van der Waals surface area contributed by atoms with Crippen molar-refractivity contribution in [3.05, 3.63) is 0 Å². The number of hydrogen-bond donors (Lipinski definition) is 3. The maximum absolute atomic E-state index is 12.4. The topological polar surface area (TPSA) is 75.4 Å². The highest BCUT2D eigenvalue weighted by Gasteiger charge is 2.36. The first-order valence-corrected chi connectivity index (χ1v) is 15.1. The van der Waals surface area contributed by atoms with E-state index in [2.05, 4.69) is 42.3 Å². The van der Waals surface area contributed by atoms with Crippen LogP contribution in [0.5, 0.6) is 0 Å². The summed E-state index contributed by atoms with van der Waals surface area (Å²) in [6, 6.07) is 0. The Morgan fingerprint density at radius 2 is 1.67 bits per heavy atom. The van der Waals surface area contributed by atoms with Gasteiger partial charge in [-0.2, -0.15) is 0 Å². The van der Waals surface area contributed by atoms with Gasteiger partial charge in [-0.1, -0.05) is 69.1 Å². The number of oxime groups is 1. The SMILES string of the molecule is O=C(NCCCOC1C(Br)CC(CC[NH+]2CCCCC2)CC1Br)C(CC1CCCCC1)=NO. The van der Waals surface area contributed by atoms with Crippen LogP contribution in [0.4, 0.5) is 0 Å². The minimum absolute atomic E-state index is 0.167. The molecule has 3 fully saturated rings. The van der Waals surface area contributed by atoms with E-state index in [1.807, 2.05) is 0 Å². The highest BCUT2D eigenvalue weighted by Crippen LogP contribution is 2.36. The molecule has 33 heavy (non-hydrogen) atoms. The van der Waals surface area contributed by atoms with E-state index in [0.29, 0.717) is 35.1 Å². The Hall–Kier alpha value is -0.180. The van der Waals surface area contributed by atoms with E-state index in [9.17, 15) is 10.0 Å². The van der Waals surface area contributed by atoms with E-state index in [0.717, 1.165) is 25.2 Å². The van der Waals surface area contributed by atoms with Gasteiger partial charge in [-0.3, -0.25) is 4.79 Å². The van der Waals surface area contributed by atoms with E-state index < -0.39 is 0 Å². The lowest BCUT2D eigenvalue weighted by Crippen LogP contribution is -3.12. The van der Waals surface area contributed by atoms with Gasteiger partial charge in [0.1, 0.15) is 5.71 Å². The zero-order valence-corrected chi connectivity index (χ0v) is 23.3. The van der Waals surface area contributed by atoms with Crippen LogP contribution in [0.25, 0.3) is 0 Å². The van der Waals surface area contributed by atoms with E-state index in [4.69, 9.17) is 4.74 Å². The molecular formula is C25H44Br2N3O3+. The third-order valence-corrected chi connectivity index (χ3v) is 9.59. The Kier molecular flexibility index (Phi) is 12.5. The second-order valence-corrected chi connectivity index (χ2v) is 12.8. The van der Waals surface area contributed by atoms with Crippen molar-refractivity contribution >= 4 is 43.5 Å². The molecular weight excluding hydrogens is 550 g/mol. The number of hydrogen-bond acceptors (Lipinski definition) is 4. The fourth-order valence-electron chi connectivity index (χ4n) is 5.82. The molecule has 190 valence electrons. The van der Waals surface area contributed by atoms with Crippen LogP contribution in [-0.2, 0) is 9.53 Å². The maximum atomic E-state index is 12.4. The Labute approximate surface area is 216 Å². The third kappa shape index (κ3) is 9.42. The molecule has 3 N–H and O–H groups in total. The van der Waals surface area contributed by atoms with Gasteiger partial charge in [0.25, 0.3) is 5.91 Å². The summed E-state index contributed by atoms with van der Waals surface area (Å²) >= 11 is 7.79. The first-order chi connectivity index (χ1) is 16.1. The molecule has 0 aromatic carbocycles. The van der Waals surface area contributed by atoms with Crippen molar-refractivity contribution in [1.29, 1.82) is 0 Å². The van der Waals surface area contributed by atoms with Crippen molar-refractivity contribution < 1.29 is 19.6 Å². The van der Waals surface area contributed by atoms with Crippen molar-refractivity contribution in [3.8, 4) is 0 Å². The summed E-state index contributed by atoms with van der Waals surface area (Å²) in [5.74, 6) is 0.991. The maximum Gasteiger partial charge on any atom is 0.269 e. The fraction of sp³-hybridized carbons (Fsp3) is 0.920. The van der Waals surface area contributed by atoms with Crippen molar-refractivity contribution in [2.75, 3.05) is 32.8 Å². The van der Waals surface area contributed by atoms with Crippen molar-refractivity contribution in [1.82, 2.24) is 5.32 Å². The van der Waals surface area contributed by atoms with Crippen LogP contribution in [0.15, 0.2) is 5.16 Å². The Balaban J connectivity index is 1.28. The molecule has 0 aromatic heterocycles. The van der Waals surface area contributed by atoms with Crippen LogP contribution >= 0.6 is 31.9 Å². The number of carbonyl (C=O) groups is 1. The number of amides is 1. The molecule has 2 atom stereocenters. The van der Waals surface area contributed by atoms with E-state index in [-0.39, 0.29) is 17.7 Å². The Morgan fingerprint density at radius 1 is 1.00 bits per heavy atom. The first kappa shape index (κ1) is 27.4. The van der Waals surface area contributed by atoms with Gasteiger partial charge in [0.2, 0.25) is 0 Å². The molecule has 0 bridgehead atoms. The number of quaternary nitrogens is 1. The number of carbonyl (C=O) groups excluding carboxylic acids is 1. The molecule has 1 saturated heterocycles. The molecule has 1 amide bonds. The number of likely N-dealkylation sites (tertiary alicyclic amines) is 1. The quantitative estimate of drug-likeness (QED) is 0.111. The molecule has 6 nitrogen and oxygen atoms in total. The average molecular weight is 594 g/mol. The largest absolute Gasteiger partial charge is 0.410 e. The predicted octanol–water partition coefficient (Wildman–Crippen LogP) is 4.07. The number of nitrogens with one attached hydrogen (secondary N) is 2. The van der Waals surface area contributed by atoms with Gasteiger partial charge >= 0.3 is 0 Å². The molecule has 0 aromatic rings. The number of ether oxygens (including phenoxy) is 1. The van der Waals surface area contributed by atoms with E-state index in [1.54, 1.807) is 4.90 Å². The minimum atomic E-state index is -0.240. The van der Waals surface area contributed by atoms with Gasteiger partial charge in [-0.05, 0) is 56.8 Å². The molecule has 0 spiro atoms. The van der Waals surface area contributed by atoms with E-state index >= 15 is 0 Å². The van der Waals surface area contributed by atoms with E-state index in [1.165, 1.54) is 77.4 Å². The van der Waals surface area contributed by atoms with Crippen LogP contribution in [0.3, 0.4) is 0 Å². The van der Waals surface area contributed by atoms with Crippen molar-refractivity contribution in [3.63, 3.8) is 0 Å². The highest BCUT2D eigenvalue weighted by atomic mass is 79.9. The summed E-state index contributed by atoms with van der Waals surface area (Å²) in [6.45, 7) is 5.19. The monoisotopic (exact) mass is 592 g/mol. The molecule has 2 aliphatic carbocycles. The molecule has 2 saturated carbocycles. The minimum Gasteiger partial charge on any atom is -0.410 e. The lowest BCUT2D eigenvalue weighted by Gasteiger charge is -2.37. The standard InChI is InChI=1S/C25H43Br2N3O3/c26-21-16-20(10-14-30-12-5-2-6-13-30)17-22(27)24(21)33-15-7-11-28-25(31)23(29-32)18-19-8-3-1-4-9-19/h19-22,24,32H,1-18H2,(H,28,31)/p+1. The molecule has 3 rings (SSSR count). The average Bonchev–Trinajstić information content (AvgIpc) is 2.83. The number of halogens is 2. The third-order valence-electron chi connectivity index (χ3n) is 7.80. The van der Waals surface area contributed by atoms with Crippen LogP contribution in [0.2, 0.25) is 0 Å². The van der Waals surface area contributed by atoms with Gasteiger partial charge in [-0.15, -0.1) is 0 Å². The normalized spacial score (nSPS) is 30.3. The summed E-state index contributed by atoms with van der Waals surface area (Å²) in [5.41, 5.74) is 0.272. The summed E-state index contributed by atoms with van der Waals surface area (Å²) in [7, 11) is 0. The molecule has 2 unspecified atom stereocenters. The Bertz CT molecular complexity index is 598. The number of nitrogens with zero attached hydrogens (tertiary/aromatic N) is 1. The van der Waals surface area contributed by atoms with Crippen LogP contribution in [-0.4, -0.2) is 65.4 Å². The van der Waals surface area contributed by atoms with Crippen LogP contribution in [0, 0.1) is 11.8 Å². The molecule has 0 radical (unpaired) electrons. The second-order valence-electron chi connectivity index (χ2n) is 10.4. The fourth-order valence-corrected chi connectivity index (χ4v) is 8.33. The summed E-state index contributed by atoms with van der Waals surface area (Å²) < 4.78 is 6.21. The molecule has 3 aliphatic rings. The smallest absolute Gasteiger partial charge is 0.269 e. The van der Waals surface area contributed by atoms with Gasteiger partial charge < -0.3 is 20.2 Å². The first-order valence-electron chi connectivity index (χ1n) is 13.3. The van der Waals surface area contributed by atoms with Crippen molar-refractivity contribution in [2.45, 2.75) is 99.2 Å². The molecule has 8 heteroatoms. The molecule has 1 heterocycles. The lowest BCUT2D eigenvalue weighted by atomic mass is 9.85. The van der Waals surface area contributed by atoms with Gasteiger partial charge in [0.15, 0.2) is 0 Å². The van der Waals surface area contributed by atoms with Crippen LogP contribution < -0.4 is 10.2 Å². The number of alkyl halides is 2. The Morgan fingerprint density at radius 3 is 2.33 bits per heavy atom. The summed E-state index contributed by atoms with van der Waals surface area (Å²) in [4.78, 5) is 14.9. The summed E-state index contributed by atoms with van der Waals surface area (Å²) in [6.07, 6.45) is 15.3. The molecule has 1 aliphatic heterocycles. The van der Waals surface area contributed by atoms with Gasteiger partial charge in [-0.25, -0.2) is 0 Å².